The van der Waals surface area contributed by atoms with Gasteiger partial charge in [-0.15, -0.1) is 5.06 Å². The number of rotatable bonds is 6. The second kappa shape index (κ2) is 8.37. The number of amides is 2. The lowest BCUT2D eigenvalue weighted by Crippen LogP contribution is -2.32. The number of hydrogen-bond acceptors (Lipinski definition) is 4. The third kappa shape index (κ3) is 4.12. The molecule has 1 fully saturated rings. The lowest BCUT2D eigenvalue weighted by molar-refractivity contribution is -0.343. The molecule has 1 saturated heterocycles. The molecule has 0 aliphatic carbocycles. The molecule has 1 radical (unpaired) electrons. The molecule has 0 saturated carbocycles. The van der Waals surface area contributed by atoms with Gasteiger partial charge in [0.15, 0.2) is 5.70 Å². The normalized spacial score (nSPS) is 18.6. The highest BCUT2D eigenvalue weighted by atomic mass is 19.2. The number of H-pyrrole nitrogens is 1. The van der Waals surface area contributed by atoms with Gasteiger partial charge in [-0.05, 0) is 38.8 Å². The second-order valence-corrected chi connectivity index (χ2v) is 7.50. The van der Waals surface area contributed by atoms with Gasteiger partial charge in [-0.1, -0.05) is 0 Å². The minimum atomic E-state index is -2.74. The summed E-state index contributed by atoms with van der Waals surface area (Å²) < 4.78 is 28.6. The summed E-state index contributed by atoms with van der Waals surface area (Å²) in [6, 6.07) is 1.90. The van der Waals surface area contributed by atoms with Crippen molar-refractivity contribution in [2.45, 2.75) is 53.4 Å². The molecule has 3 heterocycles. The quantitative estimate of drug-likeness (QED) is 0.569. The molecule has 2 amide bonds. The summed E-state index contributed by atoms with van der Waals surface area (Å²) in [6.07, 6.45) is 1.59. The van der Waals surface area contributed by atoms with Crippen LogP contribution in [0, 0.1) is 13.8 Å². The number of hydroxylamine groups is 2. The zero-order chi connectivity index (χ0) is 22.2. The van der Waals surface area contributed by atoms with Crippen LogP contribution in [-0.2, 0) is 19.2 Å². The summed E-state index contributed by atoms with van der Waals surface area (Å²) in [4.78, 5) is 43.7. The highest BCUT2D eigenvalue weighted by Gasteiger charge is 2.34. The zero-order valence-corrected chi connectivity index (χ0v) is 17.3. The van der Waals surface area contributed by atoms with Crippen LogP contribution in [0.3, 0.4) is 0 Å². The van der Waals surface area contributed by atoms with Gasteiger partial charge in [0.05, 0.1) is 12.1 Å². The highest BCUT2D eigenvalue weighted by Crippen LogP contribution is 2.34. The van der Waals surface area contributed by atoms with Crippen LogP contribution in [0.5, 0.6) is 0 Å². The summed E-state index contributed by atoms with van der Waals surface area (Å²) in [5.74, 6) is -1.90. The summed E-state index contributed by atoms with van der Waals surface area (Å²) in [6.45, 7) is 7.06. The Morgan fingerprint density at radius 1 is 1.17 bits per heavy atom. The lowest BCUT2D eigenvalue weighted by atomic mass is 9.97. The van der Waals surface area contributed by atoms with Gasteiger partial charge in [-0.3, -0.25) is 9.59 Å². The van der Waals surface area contributed by atoms with Gasteiger partial charge in [0, 0.05) is 42.7 Å². The maximum absolute atomic E-state index is 13.8. The maximum atomic E-state index is 13.8. The molecule has 0 unspecified atom stereocenters. The van der Waals surface area contributed by atoms with Crippen molar-refractivity contribution in [3.8, 4) is 0 Å². The van der Waals surface area contributed by atoms with E-state index in [1.165, 1.54) is 0 Å². The Bertz CT molecular complexity index is 1010. The monoisotopic (exact) mass is 418 g/mol. The average molecular weight is 418 g/mol. The molecule has 10 heteroatoms. The molecular formula is C20H23BF2N3O4. The highest BCUT2D eigenvalue weighted by molar-refractivity contribution is 6.35. The Morgan fingerprint density at radius 2 is 1.80 bits per heavy atom. The van der Waals surface area contributed by atoms with Crippen molar-refractivity contribution in [3.05, 3.63) is 40.4 Å². The van der Waals surface area contributed by atoms with Crippen LogP contribution in [0.1, 0.15) is 56.5 Å². The molecule has 7 nitrogen and oxygen atoms in total. The van der Waals surface area contributed by atoms with Gasteiger partial charge in [-0.2, -0.15) is 0 Å². The summed E-state index contributed by atoms with van der Waals surface area (Å²) in [5.41, 5.74) is 4.34. The molecular weight excluding hydrogens is 395 g/mol. The van der Waals surface area contributed by atoms with E-state index in [2.05, 4.69) is 4.98 Å². The van der Waals surface area contributed by atoms with E-state index in [-0.39, 0.29) is 25.7 Å². The van der Waals surface area contributed by atoms with E-state index >= 15 is 0 Å². The second-order valence-electron chi connectivity index (χ2n) is 7.50. The number of hydrogen-bond donors (Lipinski definition) is 1. The Hall–Kier alpha value is -3.04. The van der Waals surface area contributed by atoms with E-state index in [1.807, 2.05) is 19.9 Å². The predicted molar refractivity (Wildman–Crippen MR) is 106 cm³/mol. The molecule has 30 heavy (non-hydrogen) atoms. The third-order valence-electron chi connectivity index (χ3n) is 5.13. The van der Waals surface area contributed by atoms with Crippen molar-refractivity contribution in [2.24, 2.45) is 0 Å². The molecule has 1 aromatic rings. The number of aromatic amines is 1. The molecule has 0 aromatic carbocycles. The van der Waals surface area contributed by atoms with Crippen molar-refractivity contribution >= 4 is 36.5 Å². The van der Waals surface area contributed by atoms with Gasteiger partial charge in [-0.25, -0.2) is 4.79 Å². The molecule has 1 aromatic heterocycles. The first-order chi connectivity index (χ1) is 14.1. The fourth-order valence-corrected chi connectivity index (χ4v) is 3.89. The topological polar surface area (TPSA) is 82.5 Å². The molecule has 3 rings (SSSR count). The smallest absolute Gasteiger partial charge is 0.433 e. The Kier molecular flexibility index (Phi) is 6.05. The number of allylic oxidation sites excluding steroid dienone is 3. The first-order valence-corrected chi connectivity index (χ1v) is 9.66. The largest absolute Gasteiger partial charge is 0.609 e. The van der Waals surface area contributed by atoms with Crippen molar-refractivity contribution < 1.29 is 32.3 Å². The Morgan fingerprint density at radius 3 is 2.33 bits per heavy atom. The molecule has 1 N–H and O–H groups in total. The molecule has 2 aliphatic rings. The molecule has 0 atom stereocenters. The van der Waals surface area contributed by atoms with Crippen molar-refractivity contribution in [2.75, 3.05) is 0 Å². The number of carbonyl (C=O) groups excluding carboxylic acids is 3. The van der Waals surface area contributed by atoms with E-state index in [0.29, 0.717) is 33.3 Å². The number of halogens is 2. The fraction of sp³-hybridized carbons (Fsp3) is 0.400. The third-order valence-corrected chi connectivity index (χ3v) is 5.13. The number of carbonyl (C=O) groups is 3. The maximum Gasteiger partial charge on any atom is 0.609 e. The minimum Gasteiger partial charge on any atom is -0.433 e. The van der Waals surface area contributed by atoms with Crippen LogP contribution in [0.15, 0.2) is 23.4 Å². The first-order valence-electron chi connectivity index (χ1n) is 9.66. The van der Waals surface area contributed by atoms with Crippen LogP contribution in [0.2, 0.25) is 0 Å². The molecule has 0 bridgehead atoms. The molecule has 2 aliphatic heterocycles. The Labute approximate surface area is 173 Å². The lowest BCUT2D eigenvalue weighted by Gasteiger charge is -2.17. The van der Waals surface area contributed by atoms with Crippen LogP contribution in [0.4, 0.5) is 8.63 Å². The van der Waals surface area contributed by atoms with Crippen molar-refractivity contribution in [1.29, 1.82) is 0 Å². The summed E-state index contributed by atoms with van der Waals surface area (Å²) >= 11 is 0. The minimum absolute atomic E-state index is 0.00477. The van der Waals surface area contributed by atoms with E-state index in [0.717, 1.165) is 15.7 Å². The first kappa shape index (κ1) is 21.7. The predicted octanol–water partition coefficient (Wildman–Crippen LogP) is 3.09. The number of aromatic nitrogens is 1. The van der Waals surface area contributed by atoms with Gasteiger partial charge in [0.2, 0.25) is 0 Å². The SMILES string of the molecule is CC1=CC(C)=[N+]([B-](F)F)/C1=C(/CCC(=O)ON1C(=O)CCC1=O)c1[nH]c(C)cc1C. The molecule has 0 spiro atoms. The van der Waals surface area contributed by atoms with E-state index < -0.39 is 25.2 Å². The number of nitrogens with one attached hydrogen (secondary N) is 1. The van der Waals surface area contributed by atoms with Crippen LogP contribution in [0.25, 0.3) is 5.57 Å². The van der Waals surface area contributed by atoms with Gasteiger partial charge < -0.3 is 22.9 Å². The van der Waals surface area contributed by atoms with Gasteiger partial charge >= 0.3 is 13.4 Å². The number of nitrogens with zero attached hydrogens (tertiary/aromatic N) is 2. The van der Waals surface area contributed by atoms with Crippen molar-refractivity contribution in [1.82, 2.24) is 10.0 Å². The van der Waals surface area contributed by atoms with Crippen LogP contribution >= 0.6 is 0 Å². The van der Waals surface area contributed by atoms with Crippen molar-refractivity contribution in [3.63, 3.8) is 0 Å². The van der Waals surface area contributed by atoms with Crippen LogP contribution < -0.4 is 0 Å². The van der Waals surface area contributed by atoms with E-state index in [1.54, 1.807) is 19.9 Å². The Balaban J connectivity index is 1.93. The summed E-state index contributed by atoms with van der Waals surface area (Å²) in [7, 11) is -2.74. The summed E-state index contributed by atoms with van der Waals surface area (Å²) in [5, 5.41) is 0.489. The van der Waals surface area contributed by atoms with E-state index in [9.17, 15) is 23.0 Å². The molecule has 159 valence electrons. The standard InChI is InChI=1S/C20H23BF2N3O4/c1-11-9-13(3)24-19(11)15(20-12(2)10-14(4)25(20)21(22)23)5-8-18(29)30-26-16(27)6-7-17(26)28/h9-10,24H,5-8H2,1-4H3/b20-15-. The van der Waals surface area contributed by atoms with Gasteiger partial charge in [0.25, 0.3) is 11.8 Å². The zero-order valence-electron chi connectivity index (χ0n) is 17.3. The van der Waals surface area contributed by atoms with E-state index in [4.69, 9.17) is 4.84 Å². The fourth-order valence-electron chi connectivity index (χ4n) is 3.89. The number of imide groups is 1. The number of aryl methyl sites for hydroxylation is 2. The van der Waals surface area contributed by atoms with Gasteiger partial charge in [0.1, 0.15) is 5.71 Å². The van der Waals surface area contributed by atoms with Crippen LogP contribution in [-0.4, -0.2) is 45.4 Å². The average Bonchev–Trinajstić information content (AvgIpc) is 3.26.